The molecule has 1 amide bonds. The predicted molar refractivity (Wildman–Crippen MR) is 112 cm³/mol. The van der Waals surface area contributed by atoms with Gasteiger partial charge in [0.1, 0.15) is 35.8 Å². The van der Waals surface area contributed by atoms with Crippen LogP contribution in [0.1, 0.15) is 16.1 Å². The monoisotopic (exact) mass is 448 g/mol. The Kier molecular flexibility index (Phi) is 5.19. The lowest BCUT2D eigenvalue weighted by atomic mass is 10.1. The van der Waals surface area contributed by atoms with Gasteiger partial charge in [-0.15, -0.1) is 5.10 Å². The van der Waals surface area contributed by atoms with Crippen LogP contribution in [0, 0.1) is 11.6 Å². The van der Waals surface area contributed by atoms with E-state index in [1.807, 2.05) is 0 Å². The summed E-state index contributed by atoms with van der Waals surface area (Å²) in [4.78, 5) is 16.7. The van der Waals surface area contributed by atoms with E-state index in [-0.39, 0.29) is 23.6 Å². The summed E-state index contributed by atoms with van der Waals surface area (Å²) in [5, 5.41) is 16.1. The van der Waals surface area contributed by atoms with Crippen molar-refractivity contribution in [2.75, 3.05) is 5.32 Å². The van der Waals surface area contributed by atoms with Crippen LogP contribution in [0.5, 0.6) is 5.75 Å². The Balaban J connectivity index is 1.28. The van der Waals surface area contributed by atoms with E-state index in [0.717, 1.165) is 6.20 Å². The number of tetrazole rings is 1. The zero-order valence-corrected chi connectivity index (χ0v) is 16.8. The van der Waals surface area contributed by atoms with Crippen molar-refractivity contribution in [3.63, 3.8) is 0 Å². The number of nitrogens with one attached hydrogen (secondary N) is 2. The standard InChI is InChI=1S/C22H14F2N6O3/c23-12-1-2-14(25-9-12)10-32-15-5-3-13(4-6-15)26-22(31)18-11-33-20-8-17(19(24)7-16(18)20)21-27-29-30-28-21/h1-9,11H,10H2,(H,26,31)(H,27,28,29,30). The van der Waals surface area contributed by atoms with Crippen molar-refractivity contribution in [2.24, 2.45) is 0 Å². The van der Waals surface area contributed by atoms with E-state index in [4.69, 9.17) is 9.15 Å². The maximum Gasteiger partial charge on any atom is 0.259 e. The number of nitrogens with zero attached hydrogens (tertiary/aromatic N) is 4. The molecule has 0 aliphatic rings. The van der Waals surface area contributed by atoms with E-state index in [0.29, 0.717) is 28.1 Å². The summed E-state index contributed by atoms with van der Waals surface area (Å²) in [6.07, 6.45) is 2.38. The average Bonchev–Trinajstić information content (AvgIpc) is 3.49. The number of carbonyl (C=O) groups excluding carboxylic acids is 1. The number of rotatable bonds is 6. The first-order valence-electron chi connectivity index (χ1n) is 9.66. The average molecular weight is 448 g/mol. The molecule has 0 aliphatic heterocycles. The van der Waals surface area contributed by atoms with Gasteiger partial charge in [0.05, 0.1) is 23.0 Å². The summed E-state index contributed by atoms with van der Waals surface area (Å²) in [7, 11) is 0. The van der Waals surface area contributed by atoms with Crippen LogP contribution in [0.3, 0.4) is 0 Å². The Morgan fingerprint density at radius 1 is 1.12 bits per heavy atom. The summed E-state index contributed by atoms with van der Waals surface area (Å²) in [6, 6.07) is 12.1. The normalized spacial score (nSPS) is 11.0. The van der Waals surface area contributed by atoms with E-state index in [1.54, 1.807) is 24.3 Å². The Labute approximate surface area is 184 Å². The molecule has 5 rings (SSSR count). The molecule has 9 nitrogen and oxygen atoms in total. The number of H-pyrrole nitrogens is 1. The van der Waals surface area contributed by atoms with Gasteiger partial charge in [-0.25, -0.2) is 13.9 Å². The first-order chi connectivity index (χ1) is 16.1. The number of aromatic amines is 1. The molecular weight excluding hydrogens is 434 g/mol. The van der Waals surface area contributed by atoms with Gasteiger partial charge in [0, 0.05) is 11.1 Å². The molecule has 0 fully saturated rings. The van der Waals surface area contributed by atoms with Crippen LogP contribution < -0.4 is 10.1 Å². The van der Waals surface area contributed by atoms with E-state index in [1.165, 1.54) is 30.5 Å². The summed E-state index contributed by atoms with van der Waals surface area (Å²) < 4.78 is 38.5. The van der Waals surface area contributed by atoms with Gasteiger partial charge in [-0.3, -0.25) is 9.78 Å². The lowest BCUT2D eigenvalue weighted by Gasteiger charge is -2.08. The van der Waals surface area contributed by atoms with Gasteiger partial charge in [-0.1, -0.05) is 0 Å². The van der Waals surface area contributed by atoms with Crippen molar-refractivity contribution in [3.05, 3.63) is 83.9 Å². The first-order valence-corrected chi connectivity index (χ1v) is 9.66. The predicted octanol–water partition coefficient (Wildman–Crippen LogP) is 4.12. The lowest BCUT2D eigenvalue weighted by molar-refractivity contribution is 0.102. The van der Waals surface area contributed by atoms with E-state index in [9.17, 15) is 13.6 Å². The SMILES string of the molecule is O=C(Nc1ccc(OCc2ccc(F)cn2)cc1)c1coc2cc(-c3nnn[nH]3)c(F)cc12. The Morgan fingerprint density at radius 2 is 1.97 bits per heavy atom. The number of amides is 1. The summed E-state index contributed by atoms with van der Waals surface area (Å²) in [6.45, 7) is 0.171. The number of furan rings is 1. The second kappa shape index (κ2) is 8.46. The molecular formula is C22H14F2N6O3. The lowest BCUT2D eigenvalue weighted by Crippen LogP contribution is -2.11. The minimum atomic E-state index is -0.603. The molecule has 0 bridgehead atoms. The highest BCUT2D eigenvalue weighted by Crippen LogP contribution is 2.29. The number of benzene rings is 2. The molecule has 2 aromatic carbocycles. The van der Waals surface area contributed by atoms with Crippen molar-refractivity contribution < 1.29 is 22.7 Å². The summed E-state index contributed by atoms with van der Waals surface area (Å²) >= 11 is 0. The van der Waals surface area contributed by atoms with Crippen LogP contribution in [0.15, 0.2) is 65.4 Å². The number of hydrogen-bond donors (Lipinski definition) is 2. The molecule has 11 heteroatoms. The molecule has 0 unspecified atom stereocenters. The highest BCUT2D eigenvalue weighted by Gasteiger charge is 2.18. The summed E-state index contributed by atoms with van der Waals surface area (Å²) in [5.41, 5.74) is 1.70. The Morgan fingerprint density at radius 3 is 2.70 bits per heavy atom. The first kappa shape index (κ1) is 20.2. The van der Waals surface area contributed by atoms with Crippen molar-refractivity contribution in [1.82, 2.24) is 25.6 Å². The molecule has 0 spiro atoms. The molecule has 2 N–H and O–H groups in total. The minimum Gasteiger partial charge on any atom is -0.487 e. The molecule has 0 atom stereocenters. The second-order valence-corrected chi connectivity index (χ2v) is 6.96. The van der Waals surface area contributed by atoms with Gasteiger partial charge in [0.15, 0.2) is 5.82 Å². The summed E-state index contributed by atoms with van der Waals surface area (Å²) in [5.74, 6) is -0.793. The topological polar surface area (TPSA) is 119 Å². The van der Waals surface area contributed by atoms with Crippen LogP contribution in [0.25, 0.3) is 22.4 Å². The molecule has 164 valence electrons. The quantitative estimate of drug-likeness (QED) is 0.401. The third kappa shape index (κ3) is 4.24. The largest absolute Gasteiger partial charge is 0.487 e. The number of aromatic nitrogens is 5. The van der Waals surface area contributed by atoms with Gasteiger partial charge in [0.25, 0.3) is 5.91 Å². The number of pyridine rings is 1. The maximum absolute atomic E-state index is 14.6. The van der Waals surface area contributed by atoms with Gasteiger partial charge >= 0.3 is 0 Å². The van der Waals surface area contributed by atoms with Crippen molar-refractivity contribution in [1.29, 1.82) is 0 Å². The van der Waals surface area contributed by atoms with Crippen molar-refractivity contribution in [2.45, 2.75) is 6.61 Å². The molecule has 0 radical (unpaired) electrons. The van der Waals surface area contributed by atoms with E-state index < -0.39 is 17.5 Å². The highest BCUT2D eigenvalue weighted by molar-refractivity contribution is 6.12. The Hall–Kier alpha value is -4.67. The van der Waals surface area contributed by atoms with Crippen molar-refractivity contribution in [3.8, 4) is 17.1 Å². The zero-order chi connectivity index (χ0) is 22.8. The fourth-order valence-corrected chi connectivity index (χ4v) is 3.16. The molecule has 0 saturated heterocycles. The van der Waals surface area contributed by atoms with Crippen LogP contribution >= 0.6 is 0 Å². The highest BCUT2D eigenvalue weighted by atomic mass is 19.1. The number of hydrogen-bond acceptors (Lipinski definition) is 7. The van der Waals surface area contributed by atoms with Gasteiger partial charge in [-0.2, -0.15) is 0 Å². The van der Waals surface area contributed by atoms with E-state index >= 15 is 0 Å². The molecule has 3 heterocycles. The second-order valence-electron chi connectivity index (χ2n) is 6.96. The van der Waals surface area contributed by atoms with Gasteiger partial charge < -0.3 is 14.5 Å². The van der Waals surface area contributed by atoms with Crippen LogP contribution in [-0.4, -0.2) is 31.5 Å². The maximum atomic E-state index is 14.6. The van der Waals surface area contributed by atoms with Crippen LogP contribution in [0.4, 0.5) is 14.5 Å². The number of ether oxygens (including phenoxy) is 1. The number of fused-ring (bicyclic) bond motifs is 1. The zero-order valence-electron chi connectivity index (χ0n) is 16.8. The van der Waals surface area contributed by atoms with Crippen molar-refractivity contribution >= 4 is 22.6 Å². The fourth-order valence-electron chi connectivity index (χ4n) is 3.16. The molecule has 33 heavy (non-hydrogen) atoms. The molecule has 0 saturated carbocycles. The number of carbonyl (C=O) groups is 1. The third-order valence-electron chi connectivity index (χ3n) is 4.80. The van der Waals surface area contributed by atoms with Gasteiger partial charge in [-0.05, 0) is 59.0 Å². The number of anilines is 1. The molecule has 0 aliphatic carbocycles. The van der Waals surface area contributed by atoms with Crippen LogP contribution in [0.2, 0.25) is 0 Å². The third-order valence-corrected chi connectivity index (χ3v) is 4.80. The van der Waals surface area contributed by atoms with E-state index in [2.05, 4.69) is 30.9 Å². The molecule has 5 aromatic rings. The fraction of sp³-hybridized carbons (Fsp3) is 0.0455. The van der Waals surface area contributed by atoms with Gasteiger partial charge in [0.2, 0.25) is 0 Å². The smallest absolute Gasteiger partial charge is 0.259 e. The Bertz CT molecular complexity index is 1420. The molecule has 3 aromatic heterocycles. The van der Waals surface area contributed by atoms with Crippen LogP contribution in [-0.2, 0) is 6.61 Å². The minimum absolute atomic E-state index is 0.125. The number of halogens is 2.